The first-order chi connectivity index (χ1) is 9.66. The highest BCUT2D eigenvalue weighted by Gasteiger charge is 2.27. The summed E-state index contributed by atoms with van der Waals surface area (Å²) in [6.07, 6.45) is 2.63. The number of ether oxygens (including phenoxy) is 1. The van der Waals surface area contributed by atoms with Gasteiger partial charge in [0.05, 0.1) is 6.04 Å². The number of carbonyl (C=O) groups excluding carboxylic acids is 1. The summed E-state index contributed by atoms with van der Waals surface area (Å²) in [6.45, 7) is 0. The fourth-order valence-electron chi connectivity index (χ4n) is 2.35. The van der Waals surface area contributed by atoms with Gasteiger partial charge in [-0.15, -0.1) is 0 Å². The Hall–Kier alpha value is -2.24. The molecule has 1 fully saturated rings. The van der Waals surface area contributed by atoms with Gasteiger partial charge in [0.15, 0.2) is 0 Å². The molecule has 20 heavy (non-hydrogen) atoms. The Bertz CT molecular complexity index is 458. The molecule has 0 aromatic heterocycles. The van der Waals surface area contributed by atoms with Crippen LogP contribution in [0.25, 0.3) is 0 Å². The zero-order chi connectivity index (χ0) is 14.4. The Morgan fingerprint density at radius 1 is 1.15 bits per heavy atom. The molecule has 2 rings (SSSR count). The van der Waals surface area contributed by atoms with Gasteiger partial charge in [-0.1, -0.05) is 37.5 Å². The molecule has 6 heteroatoms. The van der Waals surface area contributed by atoms with E-state index in [1.807, 2.05) is 0 Å². The summed E-state index contributed by atoms with van der Waals surface area (Å²) in [5.41, 5.74) is 2.31. The number of hydrazine groups is 1. The number of hydrogen-bond acceptors (Lipinski definition) is 3. The van der Waals surface area contributed by atoms with E-state index in [-0.39, 0.29) is 6.04 Å². The van der Waals surface area contributed by atoms with Crippen molar-refractivity contribution in [1.29, 1.82) is 0 Å². The van der Waals surface area contributed by atoms with Gasteiger partial charge in [0.2, 0.25) is 0 Å². The van der Waals surface area contributed by atoms with Gasteiger partial charge in [0, 0.05) is 0 Å². The zero-order valence-corrected chi connectivity index (χ0v) is 11.1. The van der Waals surface area contributed by atoms with E-state index < -0.39 is 12.2 Å². The number of carboxylic acid groups (broad SMARTS) is 1. The lowest BCUT2D eigenvalue weighted by molar-refractivity contribution is 0.0763. The fourth-order valence-corrected chi connectivity index (χ4v) is 2.35. The van der Waals surface area contributed by atoms with Crippen molar-refractivity contribution in [2.45, 2.75) is 38.1 Å². The SMILES string of the molecule is O=C(NN(C(=O)O)C1CCCCC1)Oc1ccccc1. The fraction of sp³-hybridized carbons (Fsp3) is 0.429. The van der Waals surface area contributed by atoms with Crippen molar-refractivity contribution in [3.8, 4) is 5.75 Å². The molecule has 2 amide bonds. The predicted octanol–water partition coefficient (Wildman–Crippen LogP) is 3.00. The molecule has 0 saturated heterocycles. The van der Waals surface area contributed by atoms with E-state index in [1.54, 1.807) is 30.3 Å². The molecule has 1 aromatic carbocycles. The summed E-state index contributed by atoms with van der Waals surface area (Å²) >= 11 is 0. The number of nitrogens with zero attached hydrogens (tertiary/aromatic N) is 1. The van der Waals surface area contributed by atoms with E-state index in [0.717, 1.165) is 37.1 Å². The Labute approximate surface area is 117 Å². The van der Waals surface area contributed by atoms with Gasteiger partial charge >= 0.3 is 12.2 Å². The highest BCUT2D eigenvalue weighted by atomic mass is 16.6. The molecule has 1 saturated carbocycles. The highest BCUT2D eigenvalue weighted by molar-refractivity contribution is 5.74. The number of carbonyl (C=O) groups is 2. The first-order valence-corrected chi connectivity index (χ1v) is 6.72. The van der Waals surface area contributed by atoms with Gasteiger partial charge in [0.25, 0.3) is 0 Å². The smallest absolute Gasteiger partial charge is 0.431 e. The second-order valence-corrected chi connectivity index (χ2v) is 4.76. The van der Waals surface area contributed by atoms with Crippen molar-refractivity contribution < 1.29 is 19.4 Å². The second kappa shape index (κ2) is 6.79. The third kappa shape index (κ3) is 3.88. The third-order valence-corrected chi connectivity index (χ3v) is 3.31. The lowest BCUT2D eigenvalue weighted by Gasteiger charge is -2.31. The molecule has 0 spiro atoms. The van der Waals surface area contributed by atoms with Crippen LogP contribution in [0, 0.1) is 0 Å². The van der Waals surface area contributed by atoms with Gasteiger partial charge in [-0.2, -0.15) is 0 Å². The summed E-state index contributed by atoms with van der Waals surface area (Å²) in [4.78, 5) is 23.0. The van der Waals surface area contributed by atoms with Crippen LogP contribution in [-0.2, 0) is 0 Å². The topological polar surface area (TPSA) is 78.9 Å². The monoisotopic (exact) mass is 278 g/mol. The van der Waals surface area contributed by atoms with Crippen LogP contribution < -0.4 is 10.2 Å². The summed E-state index contributed by atoms with van der Waals surface area (Å²) < 4.78 is 5.03. The molecule has 6 nitrogen and oxygen atoms in total. The van der Waals surface area contributed by atoms with Crippen molar-refractivity contribution in [2.24, 2.45) is 0 Å². The number of nitrogens with one attached hydrogen (secondary N) is 1. The van der Waals surface area contributed by atoms with Crippen LogP contribution >= 0.6 is 0 Å². The molecule has 0 radical (unpaired) electrons. The van der Waals surface area contributed by atoms with Crippen LogP contribution in [-0.4, -0.2) is 28.3 Å². The molecule has 0 unspecified atom stereocenters. The first-order valence-electron chi connectivity index (χ1n) is 6.72. The summed E-state index contributed by atoms with van der Waals surface area (Å²) in [5.74, 6) is 0.374. The molecule has 1 aliphatic rings. The minimum Gasteiger partial charge on any atom is -0.464 e. The summed E-state index contributed by atoms with van der Waals surface area (Å²) in [5, 5.41) is 10.2. The maximum atomic E-state index is 11.7. The van der Waals surface area contributed by atoms with Crippen molar-refractivity contribution >= 4 is 12.2 Å². The van der Waals surface area contributed by atoms with Gasteiger partial charge in [-0.05, 0) is 25.0 Å². The number of amides is 2. The van der Waals surface area contributed by atoms with Gasteiger partial charge in [-0.3, -0.25) is 0 Å². The first kappa shape index (κ1) is 14.2. The summed E-state index contributed by atoms with van der Waals surface area (Å²) in [7, 11) is 0. The lowest BCUT2D eigenvalue weighted by atomic mass is 9.95. The van der Waals surface area contributed by atoms with E-state index in [2.05, 4.69) is 5.43 Å². The van der Waals surface area contributed by atoms with E-state index in [4.69, 9.17) is 4.74 Å². The highest BCUT2D eigenvalue weighted by Crippen LogP contribution is 2.21. The average molecular weight is 278 g/mol. The molecular weight excluding hydrogens is 260 g/mol. The van der Waals surface area contributed by atoms with Gasteiger partial charge in [-0.25, -0.2) is 20.0 Å². The molecule has 0 atom stereocenters. The molecular formula is C14H18N2O4. The minimum atomic E-state index is -1.16. The maximum Gasteiger partial charge on any atom is 0.431 e. The van der Waals surface area contributed by atoms with Crippen LogP contribution in [0.5, 0.6) is 5.75 Å². The third-order valence-electron chi connectivity index (χ3n) is 3.31. The minimum absolute atomic E-state index is 0.176. The van der Waals surface area contributed by atoms with Crippen LogP contribution in [0.15, 0.2) is 30.3 Å². The zero-order valence-electron chi connectivity index (χ0n) is 11.1. The normalized spacial score (nSPS) is 15.4. The Balaban J connectivity index is 1.93. The standard InChI is InChI=1S/C14H18N2O4/c17-13(20-12-9-5-2-6-10-12)15-16(14(18)19)11-7-3-1-4-8-11/h2,5-6,9-11H,1,3-4,7-8H2,(H,15,17)(H,18,19). The van der Waals surface area contributed by atoms with Gasteiger partial charge < -0.3 is 9.84 Å². The van der Waals surface area contributed by atoms with Gasteiger partial charge in [0.1, 0.15) is 5.75 Å². The Morgan fingerprint density at radius 3 is 2.40 bits per heavy atom. The van der Waals surface area contributed by atoms with Crippen molar-refractivity contribution in [2.75, 3.05) is 0 Å². The van der Waals surface area contributed by atoms with Crippen LogP contribution in [0.1, 0.15) is 32.1 Å². The van der Waals surface area contributed by atoms with Crippen molar-refractivity contribution in [3.63, 3.8) is 0 Å². The molecule has 108 valence electrons. The molecule has 0 aliphatic heterocycles. The number of para-hydroxylation sites is 1. The second-order valence-electron chi connectivity index (χ2n) is 4.76. The lowest BCUT2D eigenvalue weighted by Crippen LogP contribution is -2.52. The van der Waals surface area contributed by atoms with Crippen molar-refractivity contribution in [3.05, 3.63) is 30.3 Å². The quantitative estimate of drug-likeness (QED) is 0.815. The molecule has 1 aromatic rings. The van der Waals surface area contributed by atoms with Crippen LogP contribution in [0.2, 0.25) is 0 Å². The average Bonchev–Trinajstić information content (AvgIpc) is 2.46. The molecule has 2 N–H and O–H groups in total. The summed E-state index contributed by atoms with van der Waals surface area (Å²) in [6, 6.07) is 8.36. The largest absolute Gasteiger partial charge is 0.464 e. The maximum absolute atomic E-state index is 11.7. The number of hydrogen-bond donors (Lipinski definition) is 2. The van der Waals surface area contributed by atoms with Crippen molar-refractivity contribution in [1.82, 2.24) is 10.4 Å². The molecule has 1 aliphatic carbocycles. The van der Waals surface area contributed by atoms with Crippen LogP contribution in [0.3, 0.4) is 0 Å². The number of rotatable bonds is 2. The van der Waals surface area contributed by atoms with E-state index in [0.29, 0.717) is 5.75 Å². The predicted molar refractivity (Wildman–Crippen MR) is 72.3 cm³/mol. The van der Waals surface area contributed by atoms with E-state index >= 15 is 0 Å². The van der Waals surface area contributed by atoms with E-state index in [1.165, 1.54) is 0 Å². The van der Waals surface area contributed by atoms with E-state index in [9.17, 15) is 14.7 Å². The van der Waals surface area contributed by atoms with Crippen LogP contribution in [0.4, 0.5) is 9.59 Å². The Morgan fingerprint density at radius 2 is 1.80 bits per heavy atom. The molecule has 0 bridgehead atoms. The molecule has 0 heterocycles. The Kier molecular flexibility index (Phi) is 4.81. The number of benzene rings is 1.